The van der Waals surface area contributed by atoms with E-state index in [0.717, 1.165) is 25.0 Å². The number of hydrogen-bond acceptors (Lipinski definition) is 3. The van der Waals surface area contributed by atoms with Crippen molar-refractivity contribution in [1.82, 2.24) is 5.32 Å². The van der Waals surface area contributed by atoms with E-state index in [-0.39, 0.29) is 18.4 Å². The lowest BCUT2D eigenvalue weighted by atomic mass is 10.1. The van der Waals surface area contributed by atoms with Crippen LogP contribution >= 0.6 is 11.8 Å². The normalized spacial score (nSPS) is 23.0. The van der Waals surface area contributed by atoms with Gasteiger partial charge in [0, 0.05) is 11.3 Å². The van der Waals surface area contributed by atoms with Gasteiger partial charge < -0.3 is 10.4 Å². The van der Waals surface area contributed by atoms with Crippen LogP contribution in [0.5, 0.6) is 0 Å². The fraction of sp³-hybridized carbons (Fsp3) is 0.562. The summed E-state index contributed by atoms with van der Waals surface area (Å²) in [5.41, 5.74) is 0.441. The minimum absolute atomic E-state index is 0.0223. The van der Waals surface area contributed by atoms with Gasteiger partial charge in [-0.3, -0.25) is 4.79 Å². The fourth-order valence-corrected chi connectivity index (χ4v) is 3.89. The number of benzene rings is 1. The lowest BCUT2D eigenvalue weighted by Gasteiger charge is -2.15. The minimum atomic E-state index is -0.956. The molecular weight excluding hydrogens is 289 g/mol. The Morgan fingerprint density at radius 3 is 3.05 bits per heavy atom. The predicted molar refractivity (Wildman–Crippen MR) is 83.7 cm³/mol. The smallest absolute Gasteiger partial charge is 0.223 e. The minimum Gasteiger partial charge on any atom is -0.388 e. The van der Waals surface area contributed by atoms with Crippen LogP contribution in [0.15, 0.2) is 24.3 Å². The molecule has 0 unspecified atom stereocenters. The van der Waals surface area contributed by atoms with E-state index < -0.39 is 11.9 Å². The number of nitrogens with one attached hydrogen (secondary N) is 1. The molecule has 0 bridgehead atoms. The Morgan fingerprint density at radius 2 is 2.33 bits per heavy atom. The summed E-state index contributed by atoms with van der Waals surface area (Å²) < 4.78 is 13.1. The molecule has 2 N–H and O–H groups in total. The van der Waals surface area contributed by atoms with E-state index in [1.54, 1.807) is 6.07 Å². The molecule has 1 saturated carbocycles. The number of halogens is 1. The van der Waals surface area contributed by atoms with Crippen LogP contribution in [0.3, 0.4) is 0 Å². The Morgan fingerprint density at radius 1 is 1.52 bits per heavy atom. The van der Waals surface area contributed by atoms with Gasteiger partial charge in [0.05, 0.1) is 12.5 Å². The van der Waals surface area contributed by atoms with Gasteiger partial charge in [0.1, 0.15) is 5.82 Å². The summed E-state index contributed by atoms with van der Waals surface area (Å²) >= 11 is 1.94. The van der Waals surface area contributed by atoms with Crippen LogP contribution in [-0.2, 0) is 4.79 Å². The van der Waals surface area contributed by atoms with Crippen molar-refractivity contribution in [3.05, 3.63) is 35.6 Å². The first-order valence-electron chi connectivity index (χ1n) is 7.43. The number of carbonyl (C=O) groups is 1. The zero-order valence-corrected chi connectivity index (χ0v) is 13.0. The van der Waals surface area contributed by atoms with Gasteiger partial charge in [-0.2, -0.15) is 11.8 Å². The highest BCUT2D eigenvalue weighted by Crippen LogP contribution is 2.29. The number of aliphatic hydroxyl groups is 1. The van der Waals surface area contributed by atoms with E-state index in [1.165, 1.54) is 18.2 Å². The van der Waals surface area contributed by atoms with E-state index >= 15 is 0 Å². The maximum Gasteiger partial charge on any atom is 0.223 e. The lowest BCUT2D eigenvalue weighted by molar-refractivity contribution is -0.123. The highest BCUT2D eigenvalue weighted by atomic mass is 32.2. The van der Waals surface area contributed by atoms with Gasteiger partial charge in [-0.1, -0.05) is 19.1 Å². The lowest BCUT2D eigenvalue weighted by Crippen LogP contribution is -2.34. The predicted octanol–water partition coefficient (Wildman–Crippen LogP) is 3.04. The zero-order chi connectivity index (χ0) is 15.2. The van der Waals surface area contributed by atoms with Crippen LogP contribution in [0, 0.1) is 5.82 Å². The number of rotatable bonds is 6. The third kappa shape index (κ3) is 5.00. The van der Waals surface area contributed by atoms with Crippen molar-refractivity contribution >= 4 is 17.7 Å². The molecule has 0 aromatic heterocycles. The van der Waals surface area contributed by atoms with Crippen LogP contribution in [0.1, 0.15) is 44.3 Å². The first-order chi connectivity index (χ1) is 10.1. The summed E-state index contributed by atoms with van der Waals surface area (Å²) in [6.45, 7) is 2.14. The molecule has 0 radical (unpaired) electrons. The SMILES string of the molecule is CCS[C@@H]1CC[C@H](NC(=O)C[C@H](O)c2cccc(F)c2)C1. The van der Waals surface area contributed by atoms with Gasteiger partial charge in [-0.15, -0.1) is 0 Å². The topological polar surface area (TPSA) is 49.3 Å². The molecule has 21 heavy (non-hydrogen) atoms. The van der Waals surface area contributed by atoms with Crippen molar-refractivity contribution in [3.8, 4) is 0 Å². The molecule has 1 aromatic rings. The molecule has 1 aliphatic carbocycles. The van der Waals surface area contributed by atoms with Gasteiger partial charge in [0.25, 0.3) is 0 Å². The molecule has 116 valence electrons. The number of carbonyl (C=O) groups excluding carboxylic acids is 1. The third-order valence-electron chi connectivity index (χ3n) is 3.76. The van der Waals surface area contributed by atoms with Crippen molar-refractivity contribution in [2.24, 2.45) is 0 Å². The van der Waals surface area contributed by atoms with E-state index in [1.807, 2.05) is 11.8 Å². The molecule has 0 heterocycles. The van der Waals surface area contributed by atoms with Crippen LogP contribution in [0.4, 0.5) is 4.39 Å². The monoisotopic (exact) mass is 311 g/mol. The highest BCUT2D eigenvalue weighted by molar-refractivity contribution is 7.99. The van der Waals surface area contributed by atoms with Gasteiger partial charge in [-0.25, -0.2) is 4.39 Å². The summed E-state index contributed by atoms with van der Waals surface area (Å²) in [6, 6.07) is 5.96. The molecular formula is C16H22FNO2S. The van der Waals surface area contributed by atoms with Crippen LogP contribution < -0.4 is 5.32 Å². The van der Waals surface area contributed by atoms with Crippen molar-refractivity contribution in [3.63, 3.8) is 0 Å². The summed E-state index contributed by atoms with van der Waals surface area (Å²) in [7, 11) is 0. The van der Waals surface area contributed by atoms with Crippen LogP contribution in [0.25, 0.3) is 0 Å². The fourth-order valence-electron chi connectivity index (χ4n) is 2.75. The first-order valence-corrected chi connectivity index (χ1v) is 8.48. The summed E-state index contributed by atoms with van der Waals surface area (Å²) in [4.78, 5) is 12.0. The maximum absolute atomic E-state index is 13.1. The number of aliphatic hydroxyl groups excluding tert-OH is 1. The quantitative estimate of drug-likeness (QED) is 0.849. The first kappa shape index (κ1) is 16.3. The molecule has 2 rings (SSSR count). The van der Waals surface area contributed by atoms with Gasteiger partial charge in [0.2, 0.25) is 5.91 Å². The average Bonchev–Trinajstić information content (AvgIpc) is 2.86. The van der Waals surface area contributed by atoms with E-state index in [2.05, 4.69) is 12.2 Å². The molecule has 1 fully saturated rings. The standard InChI is InChI=1S/C16H22FNO2S/c1-2-21-14-7-6-13(9-14)18-16(20)10-15(19)11-4-3-5-12(17)8-11/h3-5,8,13-15,19H,2,6-7,9-10H2,1H3,(H,18,20)/t13-,14+,15-/m0/s1. The summed E-state index contributed by atoms with van der Waals surface area (Å²) in [5.74, 6) is 0.532. The third-order valence-corrected chi connectivity index (χ3v) is 5.00. The highest BCUT2D eigenvalue weighted by Gasteiger charge is 2.26. The van der Waals surface area contributed by atoms with Crippen molar-refractivity contribution in [2.45, 2.75) is 50.0 Å². The zero-order valence-electron chi connectivity index (χ0n) is 12.2. The Bertz CT molecular complexity index is 483. The largest absolute Gasteiger partial charge is 0.388 e. The van der Waals surface area contributed by atoms with Gasteiger partial charge in [-0.05, 0) is 42.7 Å². The van der Waals surface area contributed by atoms with Crippen LogP contribution in [0.2, 0.25) is 0 Å². The summed E-state index contributed by atoms with van der Waals surface area (Å²) in [5, 5.41) is 13.6. The second-order valence-corrected chi connectivity index (χ2v) is 7.01. The van der Waals surface area contributed by atoms with E-state index in [9.17, 15) is 14.3 Å². The second-order valence-electron chi connectivity index (χ2n) is 5.43. The summed E-state index contributed by atoms with van der Waals surface area (Å²) in [6.07, 6.45) is 2.16. The van der Waals surface area contributed by atoms with Gasteiger partial charge in [0.15, 0.2) is 0 Å². The van der Waals surface area contributed by atoms with Crippen molar-refractivity contribution in [2.75, 3.05) is 5.75 Å². The Hall–Kier alpha value is -1.07. The van der Waals surface area contributed by atoms with E-state index in [4.69, 9.17) is 0 Å². The maximum atomic E-state index is 13.1. The van der Waals surface area contributed by atoms with Crippen molar-refractivity contribution in [1.29, 1.82) is 0 Å². The Kier molecular flexibility index (Phi) is 6.06. The number of thioether (sulfide) groups is 1. The molecule has 1 aliphatic rings. The van der Waals surface area contributed by atoms with Gasteiger partial charge >= 0.3 is 0 Å². The molecule has 5 heteroatoms. The Balaban J connectivity index is 1.79. The molecule has 3 nitrogen and oxygen atoms in total. The number of hydrogen-bond donors (Lipinski definition) is 2. The van der Waals surface area contributed by atoms with Crippen LogP contribution in [-0.4, -0.2) is 28.1 Å². The van der Waals surface area contributed by atoms with E-state index in [0.29, 0.717) is 10.8 Å². The molecule has 0 saturated heterocycles. The average molecular weight is 311 g/mol. The molecule has 1 amide bonds. The molecule has 0 aliphatic heterocycles. The molecule has 3 atom stereocenters. The Labute approximate surface area is 129 Å². The number of amides is 1. The molecule has 1 aromatic carbocycles. The van der Waals surface area contributed by atoms with Crippen molar-refractivity contribution < 1.29 is 14.3 Å². The molecule has 0 spiro atoms. The second kappa shape index (κ2) is 7.80.